The molecule has 2 aromatic heterocycles. The maximum absolute atomic E-state index is 12.8. The highest BCUT2D eigenvalue weighted by atomic mass is 16.6. The molecule has 3 heterocycles. The van der Waals surface area contributed by atoms with Gasteiger partial charge in [-0.05, 0) is 44.9 Å². The first-order chi connectivity index (χ1) is 17.5. The van der Waals surface area contributed by atoms with Crippen LogP contribution >= 0.6 is 0 Å². The van der Waals surface area contributed by atoms with Crippen molar-refractivity contribution in [3.8, 4) is 0 Å². The van der Waals surface area contributed by atoms with Crippen molar-refractivity contribution in [3.63, 3.8) is 0 Å². The van der Waals surface area contributed by atoms with Crippen molar-refractivity contribution in [1.82, 2.24) is 24.8 Å². The lowest BCUT2D eigenvalue weighted by atomic mass is 10.1. The number of ether oxygens (including phenoxy) is 2. The Balaban J connectivity index is 1.55. The van der Waals surface area contributed by atoms with E-state index in [9.17, 15) is 14.7 Å². The zero-order valence-electron chi connectivity index (χ0n) is 21.4. The molecule has 2 atom stereocenters. The highest BCUT2D eigenvalue weighted by molar-refractivity contribution is 5.85. The van der Waals surface area contributed by atoms with Crippen LogP contribution < -0.4 is 11.1 Å². The fraction of sp³-hybridized carbons (Fsp3) is 0.462. The molecule has 1 aliphatic rings. The number of fused-ring (bicyclic) bond motifs is 1. The zero-order chi connectivity index (χ0) is 26.6. The van der Waals surface area contributed by atoms with Crippen LogP contribution in [0.4, 0.5) is 4.79 Å². The monoisotopic (exact) mass is 510 g/mol. The number of aliphatic hydroxyl groups is 1. The minimum atomic E-state index is -1.12. The lowest BCUT2D eigenvalue weighted by Gasteiger charge is -2.24. The Kier molecular flexibility index (Phi) is 7.76. The topological polar surface area (TPSA) is 144 Å². The number of amides is 2. The molecule has 3 aromatic rings. The van der Waals surface area contributed by atoms with E-state index < -0.39 is 23.3 Å². The molecule has 198 valence electrons. The average Bonchev–Trinajstić information content (AvgIpc) is 3.45. The summed E-state index contributed by atoms with van der Waals surface area (Å²) in [5, 5.41) is 21.7. The highest BCUT2D eigenvalue weighted by Gasteiger charge is 2.35. The first-order valence-electron chi connectivity index (χ1n) is 12.2. The normalized spacial score (nSPS) is 18.7. The first-order valence-corrected chi connectivity index (χ1v) is 12.2. The molecule has 11 heteroatoms. The predicted molar refractivity (Wildman–Crippen MR) is 135 cm³/mol. The number of β-amino-alcohol motifs (C(OH)–C–C–N with tert-alkyl or cyclic N) is 1. The molecular formula is C26H34N6O5. The summed E-state index contributed by atoms with van der Waals surface area (Å²) in [5.41, 5.74) is 6.13. The lowest BCUT2D eigenvalue weighted by molar-refractivity contribution is -0.126. The Morgan fingerprint density at radius 3 is 2.59 bits per heavy atom. The molecular weight excluding hydrogens is 476 g/mol. The van der Waals surface area contributed by atoms with Gasteiger partial charge in [-0.25, -0.2) is 4.79 Å². The maximum Gasteiger partial charge on any atom is 0.410 e. The Hall–Kier alpha value is -3.54. The minimum absolute atomic E-state index is 0.0478. The van der Waals surface area contributed by atoms with E-state index in [0.717, 1.165) is 5.56 Å². The number of hydrogen-bond acceptors (Lipinski definition) is 8. The van der Waals surface area contributed by atoms with Crippen molar-refractivity contribution in [2.24, 2.45) is 5.73 Å². The van der Waals surface area contributed by atoms with Gasteiger partial charge >= 0.3 is 6.09 Å². The summed E-state index contributed by atoms with van der Waals surface area (Å²) in [6.45, 7) is 5.99. The Morgan fingerprint density at radius 1 is 1.16 bits per heavy atom. The molecule has 0 radical (unpaired) electrons. The SMILES string of the molecule is CC1(O)CCN(C(=O)OCc2cccc3nnc([C@@H](COCc4ccccc4)NC(=O)C(C)(C)N)n23)C1. The molecule has 1 saturated heterocycles. The second kappa shape index (κ2) is 10.8. The summed E-state index contributed by atoms with van der Waals surface area (Å²) in [7, 11) is 0. The number of pyridine rings is 1. The van der Waals surface area contributed by atoms with E-state index in [1.807, 2.05) is 30.3 Å². The lowest BCUT2D eigenvalue weighted by Crippen LogP contribution is -2.51. The third-order valence-electron chi connectivity index (χ3n) is 6.19. The maximum atomic E-state index is 12.8. The van der Waals surface area contributed by atoms with Gasteiger partial charge in [-0.2, -0.15) is 0 Å². The summed E-state index contributed by atoms with van der Waals surface area (Å²) in [4.78, 5) is 26.9. The first kappa shape index (κ1) is 26.5. The fourth-order valence-electron chi connectivity index (χ4n) is 4.09. The highest BCUT2D eigenvalue weighted by Crippen LogP contribution is 2.22. The molecule has 4 N–H and O–H groups in total. The van der Waals surface area contributed by atoms with Crippen molar-refractivity contribution >= 4 is 17.6 Å². The number of nitrogens with zero attached hydrogens (tertiary/aromatic N) is 4. The van der Waals surface area contributed by atoms with Crippen molar-refractivity contribution in [2.75, 3.05) is 19.7 Å². The van der Waals surface area contributed by atoms with Gasteiger partial charge in [0.25, 0.3) is 0 Å². The van der Waals surface area contributed by atoms with Crippen LogP contribution in [-0.4, -0.2) is 67.4 Å². The predicted octanol–water partition coefficient (Wildman–Crippen LogP) is 1.93. The Morgan fingerprint density at radius 2 is 1.92 bits per heavy atom. The molecule has 0 aliphatic carbocycles. The Bertz CT molecular complexity index is 1240. The van der Waals surface area contributed by atoms with Gasteiger partial charge < -0.3 is 30.5 Å². The van der Waals surface area contributed by atoms with Gasteiger partial charge in [0.2, 0.25) is 5.91 Å². The number of hydrogen-bond donors (Lipinski definition) is 3. The van der Waals surface area contributed by atoms with Crippen LogP contribution in [0.2, 0.25) is 0 Å². The zero-order valence-corrected chi connectivity index (χ0v) is 21.4. The van der Waals surface area contributed by atoms with Crippen LogP contribution in [0.5, 0.6) is 0 Å². The summed E-state index contributed by atoms with van der Waals surface area (Å²) >= 11 is 0. The molecule has 37 heavy (non-hydrogen) atoms. The van der Waals surface area contributed by atoms with Crippen LogP contribution in [0.15, 0.2) is 48.5 Å². The molecule has 2 amide bonds. The van der Waals surface area contributed by atoms with Crippen LogP contribution in [-0.2, 0) is 27.5 Å². The van der Waals surface area contributed by atoms with E-state index in [-0.39, 0.29) is 25.7 Å². The number of carbonyl (C=O) groups is 2. The van der Waals surface area contributed by atoms with E-state index >= 15 is 0 Å². The molecule has 4 rings (SSSR count). The third kappa shape index (κ3) is 6.62. The van der Waals surface area contributed by atoms with Crippen molar-refractivity contribution in [1.29, 1.82) is 0 Å². The van der Waals surface area contributed by atoms with E-state index in [2.05, 4.69) is 15.5 Å². The number of nitrogens with one attached hydrogen (secondary N) is 1. The van der Waals surface area contributed by atoms with Gasteiger partial charge in [-0.3, -0.25) is 9.20 Å². The molecule has 1 aromatic carbocycles. The van der Waals surface area contributed by atoms with Crippen molar-refractivity contribution in [2.45, 2.75) is 57.6 Å². The minimum Gasteiger partial charge on any atom is -0.443 e. The average molecular weight is 511 g/mol. The number of rotatable bonds is 9. The van der Waals surface area contributed by atoms with Gasteiger partial charge in [0.15, 0.2) is 11.5 Å². The Labute approximate surface area is 215 Å². The number of nitrogens with two attached hydrogens (primary N) is 1. The van der Waals surface area contributed by atoms with E-state index in [1.54, 1.807) is 43.4 Å². The number of likely N-dealkylation sites (tertiary alicyclic amines) is 1. The second-order valence-corrected chi connectivity index (χ2v) is 10.2. The number of benzene rings is 1. The quantitative estimate of drug-likeness (QED) is 0.396. The standard InChI is InChI=1S/C26H34N6O5/c1-25(2,27)23(33)28-20(16-36-14-18-8-5-4-6-9-18)22-30-29-21-11-7-10-19(32(21)22)15-37-24(34)31-13-12-26(3,35)17-31/h4-11,20,35H,12-17,27H2,1-3H3,(H,28,33)/t20-,26?/m1/s1. The fourth-order valence-corrected chi connectivity index (χ4v) is 4.09. The van der Waals surface area contributed by atoms with E-state index in [4.69, 9.17) is 15.2 Å². The largest absolute Gasteiger partial charge is 0.443 e. The molecule has 11 nitrogen and oxygen atoms in total. The van der Waals surface area contributed by atoms with Gasteiger partial charge in [0, 0.05) is 6.54 Å². The van der Waals surface area contributed by atoms with Crippen LogP contribution in [0, 0.1) is 0 Å². The van der Waals surface area contributed by atoms with Gasteiger partial charge in [-0.15, -0.1) is 10.2 Å². The van der Waals surface area contributed by atoms with Crippen molar-refractivity contribution in [3.05, 3.63) is 65.6 Å². The van der Waals surface area contributed by atoms with Gasteiger partial charge in [0.1, 0.15) is 12.6 Å². The summed E-state index contributed by atoms with van der Waals surface area (Å²) in [5.74, 6) is 0.0546. The van der Waals surface area contributed by atoms with Crippen LogP contribution in [0.1, 0.15) is 50.3 Å². The third-order valence-corrected chi connectivity index (χ3v) is 6.19. The van der Waals surface area contributed by atoms with E-state index in [1.165, 1.54) is 4.90 Å². The molecule has 1 unspecified atom stereocenters. The van der Waals surface area contributed by atoms with Crippen molar-refractivity contribution < 1.29 is 24.2 Å². The second-order valence-electron chi connectivity index (χ2n) is 10.2. The van der Waals surface area contributed by atoms with Crippen LogP contribution in [0.25, 0.3) is 5.65 Å². The smallest absolute Gasteiger partial charge is 0.410 e. The van der Waals surface area contributed by atoms with Gasteiger partial charge in [0.05, 0.1) is 36.6 Å². The molecule has 1 fully saturated rings. The number of carbonyl (C=O) groups excluding carboxylic acids is 2. The molecule has 0 saturated carbocycles. The van der Waals surface area contributed by atoms with Crippen LogP contribution in [0.3, 0.4) is 0 Å². The van der Waals surface area contributed by atoms with E-state index in [0.29, 0.717) is 36.7 Å². The molecule has 0 bridgehead atoms. The molecule has 0 spiro atoms. The number of aromatic nitrogens is 3. The summed E-state index contributed by atoms with van der Waals surface area (Å²) in [6, 6.07) is 14.4. The molecule has 1 aliphatic heterocycles. The summed E-state index contributed by atoms with van der Waals surface area (Å²) < 4.78 is 13.2. The van der Waals surface area contributed by atoms with Gasteiger partial charge in [-0.1, -0.05) is 36.4 Å². The summed E-state index contributed by atoms with van der Waals surface area (Å²) in [6.07, 6.45) is -0.0138.